The number of ether oxygens (including phenoxy) is 3. The van der Waals surface area contributed by atoms with E-state index in [1.54, 1.807) is 0 Å². The summed E-state index contributed by atoms with van der Waals surface area (Å²) in [5.41, 5.74) is 1.85. The van der Waals surface area contributed by atoms with E-state index < -0.39 is 43.1 Å². The first kappa shape index (κ1) is 31.4. The van der Waals surface area contributed by atoms with Crippen LogP contribution >= 0.6 is 0 Å². The molecule has 5 fully saturated rings. The van der Waals surface area contributed by atoms with E-state index >= 15 is 0 Å². The summed E-state index contributed by atoms with van der Waals surface area (Å²) in [4.78, 5) is 0. The minimum absolute atomic E-state index is 0.0164. The molecule has 2 unspecified atom stereocenters. The second kappa shape index (κ2) is 11.3. The molecule has 0 amide bonds. The van der Waals surface area contributed by atoms with E-state index in [9.17, 15) is 30.6 Å². The Labute approximate surface area is 250 Å². The number of aliphatic hydroxyl groups is 6. The molecule has 2 heterocycles. The molecule has 9 heteroatoms. The van der Waals surface area contributed by atoms with Gasteiger partial charge in [0.05, 0.1) is 25.4 Å². The van der Waals surface area contributed by atoms with E-state index in [4.69, 9.17) is 14.2 Å². The number of hydrogen-bond donors (Lipinski definition) is 6. The highest BCUT2D eigenvalue weighted by Gasteiger charge is 2.67. The molecular formula is C33H54O9. The first-order valence-electron chi connectivity index (χ1n) is 16.5. The van der Waals surface area contributed by atoms with Gasteiger partial charge in [0, 0.05) is 12.3 Å². The van der Waals surface area contributed by atoms with E-state index in [0.717, 1.165) is 32.1 Å². The van der Waals surface area contributed by atoms with Crippen molar-refractivity contribution in [1.82, 2.24) is 0 Å². The standard InChI is InChI=1S/C33H54O9/c1-17(16-40-30-29(38)28(37)27(36)25(15-34)41-30)7-12-33(39)18(2)26-24(42-33)14-23-21-6-5-19-13-20(35)8-10-31(19,3)22(21)9-11-32(23,26)4/h5,17-18,20-30,34-39H,6-16H2,1-4H3/t17-,18+,20+,21-,22+,23+,24+,25-,26+,27-,28?,29?,30-,31+,32+,33-/m1/s1. The molecule has 16 atom stereocenters. The fraction of sp³-hybridized carbons (Fsp3) is 0.939. The van der Waals surface area contributed by atoms with Crippen LogP contribution in [0.25, 0.3) is 0 Å². The molecule has 0 radical (unpaired) electrons. The van der Waals surface area contributed by atoms with Crippen LogP contribution in [0.4, 0.5) is 0 Å². The fourth-order valence-electron chi connectivity index (χ4n) is 10.6. The maximum absolute atomic E-state index is 11.8. The van der Waals surface area contributed by atoms with Gasteiger partial charge in [-0.15, -0.1) is 0 Å². The van der Waals surface area contributed by atoms with Crippen molar-refractivity contribution in [2.75, 3.05) is 13.2 Å². The highest BCUT2D eigenvalue weighted by molar-refractivity contribution is 5.26. The largest absolute Gasteiger partial charge is 0.394 e. The summed E-state index contributed by atoms with van der Waals surface area (Å²) in [7, 11) is 0. The third-order valence-corrected chi connectivity index (χ3v) is 13.2. The van der Waals surface area contributed by atoms with Crippen LogP contribution in [-0.2, 0) is 14.2 Å². The minimum atomic E-state index is -1.46. The van der Waals surface area contributed by atoms with E-state index in [1.165, 1.54) is 18.4 Å². The average Bonchev–Trinajstić information content (AvgIpc) is 3.39. The number of hydrogen-bond acceptors (Lipinski definition) is 9. The summed E-state index contributed by atoms with van der Waals surface area (Å²) in [5, 5.41) is 61.8. The van der Waals surface area contributed by atoms with E-state index in [-0.39, 0.29) is 41.5 Å². The van der Waals surface area contributed by atoms with Crippen LogP contribution in [0.5, 0.6) is 0 Å². The highest BCUT2D eigenvalue weighted by Crippen LogP contribution is 2.70. The Morgan fingerprint density at radius 2 is 1.81 bits per heavy atom. The number of fused-ring (bicyclic) bond motifs is 7. The van der Waals surface area contributed by atoms with Crippen molar-refractivity contribution < 1.29 is 44.8 Å². The molecule has 0 aromatic carbocycles. The van der Waals surface area contributed by atoms with Crippen LogP contribution in [0.1, 0.15) is 85.5 Å². The zero-order valence-corrected chi connectivity index (χ0v) is 25.8. The second-order valence-electron chi connectivity index (χ2n) is 15.4. The van der Waals surface area contributed by atoms with Gasteiger partial charge in [0.25, 0.3) is 0 Å². The Hall–Kier alpha value is -0.620. The normalized spacial score (nSPS) is 54.4. The van der Waals surface area contributed by atoms with Gasteiger partial charge >= 0.3 is 0 Å². The Morgan fingerprint density at radius 1 is 1.05 bits per heavy atom. The van der Waals surface area contributed by atoms with Crippen LogP contribution in [-0.4, -0.2) is 92.6 Å². The molecule has 0 spiro atoms. The monoisotopic (exact) mass is 594 g/mol. The topological polar surface area (TPSA) is 149 Å². The molecule has 0 bridgehead atoms. The van der Waals surface area contributed by atoms with Crippen LogP contribution in [0.2, 0.25) is 0 Å². The Morgan fingerprint density at radius 3 is 2.55 bits per heavy atom. The molecule has 42 heavy (non-hydrogen) atoms. The van der Waals surface area contributed by atoms with Crippen LogP contribution in [0.15, 0.2) is 11.6 Å². The maximum atomic E-state index is 11.8. The lowest BCUT2D eigenvalue weighted by Crippen LogP contribution is -2.59. The van der Waals surface area contributed by atoms with Gasteiger partial charge in [-0.05, 0) is 91.8 Å². The lowest BCUT2D eigenvalue weighted by Gasteiger charge is -2.58. The van der Waals surface area contributed by atoms with Crippen molar-refractivity contribution in [2.24, 2.45) is 46.3 Å². The van der Waals surface area contributed by atoms with E-state index in [1.807, 2.05) is 6.92 Å². The summed E-state index contributed by atoms with van der Waals surface area (Å²) in [6.45, 7) is 8.83. The molecular weight excluding hydrogens is 540 g/mol. The molecule has 6 rings (SSSR count). The van der Waals surface area contributed by atoms with Crippen LogP contribution < -0.4 is 0 Å². The van der Waals surface area contributed by atoms with Crippen molar-refractivity contribution in [2.45, 2.75) is 134 Å². The number of aliphatic hydroxyl groups excluding tert-OH is 5. The van der Waals surface area contributed by atoms with E-state index in [0.29, 0.717) is 36.5 Å². The van der Waals surface area contributed by atoms with Crippen molar-refractivity contribution in [3.63, 3.8) is 0 Å². The first-order chi connectivity index (χ1) is 19.8. The van der Waals surface area contributed by atoms with Gasteiger partial charge in [-0.25, -0.2) is 0 Å². The maximum Gasteiger partial charge on any atom is 0.186 e. The molecule has 3 saturated carbocycles. The predicted octanol–water partition coefficient (Wildman–Crippen LogP) is 2.49. The van der Waals surface area contributed by atoms with E-state index in [2.05, 4.69) is 26.8 Å². The summed E-state index contributed by atoms with van der Waals surface area (Å²) in [6, 6.07) is 0. The van der Waals surface area contributed by atoms with Gasteiger partial charge < -0.3 is 44.8 Å². The van der Waals surface area contributed by atoms with Crippen LogP contribution in [0, 0.1) is 46.3 Å². The number of rotatable bonds is 7. The SMILES string of the molecule is C[C@H](CC[C@@]1(O)O[C@H]2C[C@H]3[C@@H]4CC=C5C[C@@H](O)CC[C@]5(C)[C@H]4CC[C@]3(C)[C@H]2[C@@H]1C)CO[C@@H]1O[C@H](CO)[C@@H](O)C(O)C1O. The minimum Gasteiger partial charge on any atom is -0.394 e. The van der Waals surface area contributed by atoms with Gasteiger partial charge in [0.15, 0.2) is 12.1 Å². The van der Waals surface area contributed by atoms with Crippen molar-refractivity contribution in [3.05, 3.63) is 11.6 Å². The smallest absolute Gasteiger partial charge is 0.186 e. The molecule has 9 nitrogen and oxygen atoms in total. The van der Waals surface area contributed by atoms with Gasteiger partial charge in [0.2, 0.25) is 0 Å². The molecule has 0 aromatic rings. The Kier molecular flexibility index (Phi) is 8.45. The van der Waals surface area contributed by atoms with Crippen molar-refractivity contribution in [3.8, 4) is 0 Å². The summed E-state index contributed by atoms with van der Waals surface area (Å²) in [5.74, 6) is 1.06. The molecule has 2 aliphatic heterocycles. The molecule has 0 aromatic heterocycles. The summed E-state index contributed by atoms with van der Waals surface area (Å²) >= 11 is 0. The molecule has 4 aliphatic carbocycles. The third kappa shape index (κ3) is 4.94. The first-order valence-corrected chi connectivity index (χ1v) is 16.5. The fourth-order valence-corrected chi connectivity index (χ4v) is 10.6. The predicted molar refractivity (Wildman–Crippen MR) is 154 cm³/mol. The quantitative estimate of drug-likeness (QED) is 0.245. The number of allylic oxidation sites excluding steroid dienone is 1. The second-order valence-corrected chi connectivity index (χ2v) is 15.4. The summed E-state index contributed by atoms with van der Waals surface area (Å²) < 4.78 is 17.8. The Bertz CT molecular complexity index is 1020. The zero-order valence-electron chi connectivity index (χ0n) is 25.8. The van der Waals surface area contributed by atoms with Crippen molar-refractivity contribution in [1.29, 1.82) is 0 Å². The molecule has 6 N–H and O–H groups in total. The lowest BCUT2D eigenvalue weighted by atomic mass is 9.47. The molecule has 2 saturated heterocycles. The van der Waals surface area contributed by atoms with Gasteiger partial charge in [-0.1, -0.05) is 39.3 Å². The van der Waals surface area contributed by atoms with Gasteiger partial charge in [-0.3, -0.25) is 0 Å². The Balaban J connectivity index is 1.06. The van der Waals surface area contributed by atoms with Crippen LogP contribution in [0.3, 0.4) is 0 Å². The lowest BCUT2D eigenvalue weighted by molar-refractivity contribution is -0.303. The molecule has 6 aliphatic rings. The highest BCUT2D eigenvalue weighted by atomic mass is 16.7. The third-order valence-electron chi connectivity index (χ3n) is 13.2. The average molecular weight is 595 g/mol. The molecule has 240 valence electrons. The van der Waals surface area contributed by atoms with Gasteiger partial charge in [-0.2, -0.15) is 0 Å². The zero-order chi connectivity index (χ0) is 30.2. The van der Waals surface area contributed by atoms with Gasteiger partial charge in [0.1, 0.15) is 24.4 Å². The van der Waals surface area contributed by atoms with Crippen molar-refractivity contribution >= 4 is 0 Å². The summed E-state index contributed by atoms with van der Waals surface area (Å²) in [6.07, 6.45) is 4.36.